The molecule has 1 heterocycles. The van der Waals surface area contributed by atoms with Gasteiger partial charge in [-0.15, -0.1) is 0 Å². The zero-order chi connectivity index (χ0) is 19.0. The van der Waals surface area contributed by atoms with Crippen LogP contribution in [-0.2, 0) is 14.3 Å². The van der Waals surface area contributed by atoms with Crippen LogP contribution < -0.4 is 10.1 Å². The van der Waals surface area contributed by atoms with Gasteiger partial charge >= 0.3 is 0 Å². The third-order valence-corrected chi connectivity index (χ3v) is 4.89. The van der Waals surface area contributed by atoms with Gasteiger partial charge in [0.2, 0.25) is 5.88 Å². The summed E-state index contributed by atoms with van der Waals surface area (Å²) in [6.45, 7) is 7.77. The number of rotatable bonds is 9. The summed E-state index contributed by atoms with van der Waals surface area (Å²) >= 11 is 0. The second kappa shape index (κ2) is 9.88. The summed E-state index contributed by atoms with van der Waals surface area (Å²) in [6.07, 6.45) is 6.10. The van der Waals surface area contributed by atoms with Crippen LogP contribution in [-0.4, -0.2) is 43.4 Å². The molecule has 0 unspecified atom stereocenters. The Morgan fingerprint density at radius 2 is 2.04 bits per heavy atom. The molecule has 1 aromatic heterocycles. The van der Waals surface area contributed by atoms with Gasteiger partial charge in [0, 0.05) is 19.3 Å². The van der Waals surface area contributed by atoms with Crippen molar-refractivity contribution >= 4 is 11.6 Å². The van der Waals surface area contributed by atoms with Crippen LogP contribution in [0.5, 0.6) is 5.88 Å². The minimum Gasteiger partial charge on any atom is -0.475 e. The first-order valence-corrected chi connectivity index (χ1v) is 9.54. The van der Waals surface area contributed by atoms with Gasteiger partial charge in [-0.2, -0.15) is 0 Å². The van der Waals surface area contributed by atoms with Crippen LogP contribution in [0.2, 0.25) is 0 Å². The van der Waals surface area contributed by atoms with Gasteiger partial charge < -0.3 is 19.5 Å². The Hall–Kier alpha value is -1.66. The normalized spacial score (nSPS) is 22.8. The summed E-state index contributed by atoms with van der Waals surface area (Å²) in [5, 5.41) is 3.00. The fourth-order valence-corrected chi connectivity index (χ4v) is 3.21. The van der Waals surface area contributed by atoms with E-state index in [0.29, 0.717) is 37.3 Å². The number of carbonyl (C=O) groups excluding carboxylic acids is 1. The van der Waals surface area contributed by atoms with Crippen molar-refractivity contribution in [3.63, 3.8) is 0 Å². The van der Waals surface area contributed by atoms with E-state index in [0.717, 1.165) is 37.7 Å². The summed E-state index contributed by atoms with van der Waals surface area (Å²) < 4.78 is 16.6. The molecule has 1 aliphatic rings. The highest BCUT2D eigenvalue weighted by Crippen LogP contribution is 2.36. The number of amides is 1. The minimum atomic E-state index is -0.718. The lowest BCUT2D eigenvalue weighted by atomic mass is 9.78. The fourth-order valence-electron chi connectivity index (χ4n) is 3.21. The second-order valence-corrected chi connectivity index (χ2v) is 7.17. The Kier molecular flexibility index (Phi) is 7.85. The van der Waals surface area contributed by atoms with E-state index in [2.05, 4.69) is 24.1 Å². The number of ether oxygens (including phenoxy) is 3. The van der Waals surface area contributed by atoms with Gasteiger partial charge in [0.15, 0.2) is 0 Å². The lowest BCUT2D eigenvalue weighted by Crippen LogP contribution is -2.48. The predicted molar refractivity (Wildman–Crippen MR) is 102 cm³/mol. The number of aromatic nitrogens is 1. The van der Waals surface area contributed by atoms with Crippen molar-refractivity contribution in [3.8, 4) is 5.88 Å². The van der Waals surface area contributed by atoms with Crippen LogP contribution in [0.3, 0.4) is 0 Å². The third kappa shape index (κ3) is 5.42. The first kappa shape index (κ1) is 20.6. The van der Waals surface area contributed by atoms with Gasteiger partial charge in [0.25, 0.3) is 5.91 Å². The van der Waals surface area contributed by atoms with Crippen LogP contribution in [0.15, 0.2) is 12.3 Å². The third-order valence-electron chi connectivity index (χ3n) is 4.89. The number of nitrogens with one attached hydrogen (secondary N) is 1. The van der Waals surface area contributed by atoms with Crippen molar-refractivity contribution in [2.45, 2.75) is 58.5 Å². The number of methoxy groups -OCH3 is 1. The van der Waals surface area contributed by atoms with Crippen molar-refractivity contribution in [2.24, 2.45) is 5.92 Å². The molecule has 0 aliphatic heterocycles. The quantitative estimate of drug-likeness (QED) is 0.676. The van der Waals surface area contributed by atoms with E-state index in [1.54, 1.807) is 13.3 Å². The SMILES string of the molecule is CCCOC1(C(=O)Nc2cnc(OCCOC)c(C)c2)CCC(C)CC1. The van der Waals surface area contributed by atoms with Crippen LogP contribution in [0.4, 0.5) is 5.69 Å². The Labute approximate surface area is 156 Å². The molecule has 0 spiro atoms. The van der Waals surface area contributed by atoms with Gasteiger partial charge in [0.1, 0.15) is 12.2 Å². The van der Waals surface area contributed by atoms with Gasteiger partial charge in [-0.1, -0.05) is 13.8 Å². The number of carbonyl (C=O) groups is 1. The summed E-state index contributed by atoms with van der Waals surface area (Å²) in [6, 6.07) is 1.88. The molecule has 1 saturated carbocycles. The Bertz CT molecular complexity index is 578. The molecule has 0 atom stereocenters. The minimum absolute atomic E-state index is 0.0629. The fraction of sp³-hybridized carbons (Fsp3) is 0.700. The Morgan fingerprint density at radius 1 is 1.31 bits per heavy atom. The highest BCUT2D eigenvalue weighted by atomic mass is 16.5. The maximum atomic E-state index is 13.0. The number of anilines is 1. The molecule has 26 heavy (non-hydrogen) atoms. The number of aryl methyl sites for hydroxylation is 1. The van der Waals surface area contributed by atoms with Crippen LogP contribution in [0, 0.1) is 12.8 Å². The number of hydrogen-bond acceptors (Lipinski definition) is 5. The van der Waals surface area contributed by atoms with Crippen molar-refractivity contribution in [3.05, 3.63) is 17.8 Å². The largest absolute Gasteiger partial charge is 0.475 e. The lowest BCUT2D eigenvalue weighted by molar-refractivity contribution is -0.147. The molecule has 0 saturated heterocycles. The Balaban J connectivity index is 2.05. The summed E-state index contributed by atoms with van der Waals surface area (Å²) in [4.78, 5) is 17.3. The molecule has 0 aromatic carbocycles. The smallest absolute Gasteiger partial charge is 0.256 e. The summed E-state index contributed by atoms with van der Waals surface area (Å²) in [7, 11) is 1.63. The molecule has 1 amide bonds. The van der Waals surface area contributed by atoms with Gasteiger partial charge in [-0.3, -0.25) is 4.79 Å². The highest BCUT2D eigenvalue weighted by Gasteiger charge is 2.42. The van der Waals surface area contributed by atoms with Crippen LogP contribution in [0.1, 0.15) is 51.5 Å². The monoisotopic (exact) mass is 364 g/mol. The van der Waals surface area contributed by atoms with Gasteiger partial charge in [-0.25, -0.2) is 4.98 Å². The molecule has 146 valence electrons. The standard InChI is InChI=1S/C20H32N2O4/c1-5-10-26-20(8-6-15(2)7-9-20)19(23)22-17-13-16(3)18(21-14-17)25-12-11-24-4/h13-15H,5-12H2,1-4H3,(H,22,23). The van der Waals surface area contributed by atoms with E-state index >= 15 is 0 Å². The molecular formula is C20H32N2O4. The zero-order valence-electron chi connectivity index (χ0n) is 16.5. The van der Waals surface area contributed by atoms with Crippen molar-refractivity contribution in [2.75, 3.05) is 32.2 Å². The van der Waals surface area contributed by atoms with Crippen LogP contribution in [0.25, 0.3) is 0 Å². The number of pyridine rings is 1. The topological polar surface area (TPSA) is 69.7 Å². The van der Waals surface area contributed by atoms with E-state index in [9.17, 15) is 4.79 Å². The molecule has 1 N–H and O–H groups in total. The highest BCUT2D eigenvalue weighted by molar-refractivity contribution is 5.97. The molecule has 6 heteroatoms. The van der Waals surface area contributed by atoms with E-state index in [1.807, 2.05) is 13.0 Å². The van der Waals surface area contributed by atoms with E-state index < -0.39 is 5.60 Å². The molecule has 1 aliphatic carbocycles. The maximum Gasteiger partial charge on any atom is 0.256 e. The van der Waals surface area contributed by atoms with Crippen LogP contribution >= 0.6 is 0 Å². The molecule has 0 radical (unpaired) electrons. The molecule has 0 bridgehead atoms. The predicted octanol–water partition coefficient (Wildman–Crippen LogP) is 3.73. The average molecular weight is 364 g/mol. The van der Waals surface area contributed by atoms with E-state index in [1.165, 1.54) is 0 Å². The van der Waals surface area contributed by atoms with Crippen molar-refractivity contribution in [1.82, 2.24) is 4.98 Å². The maximum absolute atomic E-state index is 13.0. The van der Waals surface area contributed by atoms with E-state index in [-0.39, 0.29) is 5.91 Å². The van der Waals surface area contributed by atoms with Gasteiger partial charge in [-0.05, 0) is 51.0 Å². The lowest BCUT2D eigenvalue weighted by Gasteiger charge is -2.37. The second-order valence-electron chi connectivity index (χ2n) is 7.17. The first-order valence-electron chi connectivity index (χ1n) is 9.54. The molecule has 1 fully saturated rings. The molecular weight excluding hydrogens is 332 g/mol. The Morgan fingerprint density at radius 3 is 2.65 bits per heavy atom. The summed E-state index contributed by atoms with van der Waals surface area (Å²) in [5.41, 5.74) is 0.828. The van der Waals surface area contributed by atoms with E-state index in [4.69, 9.17) is 14.2 Å². The van der Waals surface area contributed by atoms with Crippen molar-refractivity contribution in [1.29, 1.82) is 0 Å². The molecule has 1 aromatic rings. The van der Waals surface area contributed by atoms with Crippen molar-refractivity contribution < 1.29 is 19.0 Å². The number of hydrogen-bond donors (Lipinski definition) is 1. The summed E-state index contributed by atoms with van der Waals surface area (Å²) in [5.74, 6) is 1.14. The molecule has 6 nitrogen and oxygen atoms in total. The first-order chi connectivity index (χ1) is 12.5. The zero-order valence-corrected chi connectivity index (χ0v) is 16.5. The average Bonchev–Trinajstić information content (AvgIpc) is 2.63. The molecule has 2 rings (SSSR count). The number of nitrogens with zero attached hydrogens (tertiary/aromatic N) is 1. The van der Waals surface area contributed by atoms with Gasteiger partial charge in [0.05, 0.1) is 18.5 Å².